The molecule has 1 aromatic carbocycles. The van der Waals surface area contributed by atoms with E-state index in [1.165, 1.54) is 12.8 Å². The number of para-hydroxylation sites is 1. The second-order valence-electron chi connectivity index (χ2n) is 7.86. The molecule has 1 aromatic rings. The summed E-state index contributed by atoms with van der Waals surface area (Å²) >= 11 is 6.07. The second kappa shape index (κ2) is 7.10. The maximum absolute atomic E-state index is 13.0. The van der Waals surface area contributed by atoms with Crippen molar-refractivity contribution in [1.29, 1.82) is 0 Å². The number of hydrogen-bond acceptors (Lipinski definition) is 3. The number of rotatable bonds is 5. The quantitative estimate of drug-likeness (QED) is 0.793. The number of likely N-dealkylation sites (tertiary alicyclic amines) is 2. The van der Waals surface area contributed by atoms with Gasteiger partial charge in [-0.2, -0.15) is 0 Å². The Morgan fingerprint density at radius 3 is 2.81 bits per heavy atom. The lowest BCUT2D eigenvalue weighted by Gasteiger charge is -2.39. The van der Waals surface area contributed by atoms with Crippen molar-refractivity contribution >= 4 is 23.4 Å². The van der Waals surface area contributed by atoms with Crippen molar-refractivity contribution in [2.45, 2.75) is 32.1 Å². The summed E-state index contributed by atoms with van der Waals surface area (Å²) in [5, 5.41) is 0.497. The van der Waals surface area contributed by atoms with E-state index in [1.54, 1.807) is 17.0 Å². The number of benzene rings is 1. The molecule has 0 N–H and O–H groups in total. The van der Waals surface area contributed by atoms with Crippen molar-refractivity contribution < 1.29 is 14.3 Å². The Morgan fingerprint density at radius 2 is 2.04 bits per heavy atom. The highest BCUT2D eigenvalue weighted by atomic mass is 35.5. The van der Waals surface area contributed by atoms with Gasteiger partial charge in [0.2, 0.25) is 5.91 Å². The van der Waals surface area contributed by atoms with Gasteiger partial charge < -0.3 is 14.5 Å². The van der Waals surface area contributed by atoms with Crippen LogP contribution in [-0.2, 0) is 9.59 Å². The Bertz CT molecular complexity index is 706. The number of nitrogens with zero attached hydrogens (tertiary/aromatic N) is 2. The smallest absolute Gasteiger partial charge is 0.260 e. The molecule has 4 rings (SSSR count). The molecule has 1 aliphatic carbocycles. The van der Waals surface area contributed by atoms with Crippen LogP contribution in [0.3, 0.4) is 0 Å². The first-order chi connectivity index (χ1) is 12.6. The summed E-state index contributed by atoms with van der Waals surface area (Å²) in [6, 6.07) is 7.14. The van der Waals surface area contributed by atoms with Crippen LogP contribution in [0.4, 0.5) is 0 Å². The molecule has 1 spiro atoms. The summed E-state index contributed by atoms with van der Waals surface area (Å²) in [6.45, 7) is 2.90. The monoisotopic (exact) mass is 376 g/mol. The molecule has 26 heavy (non-hydrogen) atoms. The van der Waals surface area contributed by atoms with Gasteiger partial charge in [0.1, 0.15) is 5.75 Å². The number of ether oxygens (including phenoxy) is 1. The predicted molar refractivity (Wildman–Crippen MR) is 99.1 cm³/mol. The molecule has 5 nitrogen and oxygen atoms in total. The van der Waals surface area contributed by atoms with E-state index in [-0.39, 0.29) is 23.8 Å². The normalized spacial score (nSPS) is 25.8. The molecule has 3 aliphatic rings. The van der Waals surface area contributed by atoms with Crippen molar-refractivity contribution in [3.8, 4) is 5.75 Å². The fourth-order valence-electron chi connectivity index (χ4n) is 4.19. The maximum atomic E-state index is 13.0. The number of halogens is 1. The molecule has 2 heterocycles. The molecular weight excluding hydrogens is 352 g/mol. The largest absolute Gasteiger partial charge is 0.482 e. The van der Waals surface area contributed by atoms with Crippen LogP contribution in [0.5, 0.6) is 5.75 Å². The molecule has 2 aliphatic heterocycles. The van der Waals surface area contributed by atoms with Gasteiger partial charge >= 0.3 is 0 Å². The molecule has 140 valence electrons. The van der Waals surface area contributed by atoms with E-state index in [0.717, 1.165) is 32.4 Å². The third kappa shape index (κ3) is 3.54. The van der Waals surface area contributed by atoms with Crippen molar-refractivity contribution in [2.24, 2.45) is 11.3 Å². The number of piperidine rings is 1. The topological polar surface area (TPSA) is 49.9 Å². The van der Waals surface area contributed by atoms with Crippen molar-refractivity contribution in [3.63, 3.8) is 0 Å². The van der Waals surface area contributed by atoms with Gasteiger partial charge in [0.25, 0.3) is 5.91 Å². The second-order valence-corrected chi connectivity index (χ2v) is 8.27. The minimum atomic E-state index is -0.368. The van der Waals surface area contributed by atoms with E-state index in [2.05, 4.69) is 4.90 Å². The number of hydrogen-bond donors (Lipinski definition) is 0. The summed E-state index contributed by atoms with van der Waals surface area (Å²) < 4.78 is 5.58. The Kier molecular flexibility index (Phi) is 4.82. The molecule has 1 atom stereocenters. The van der Waals surface area contributed by atoms with Crippen LogP contribution in [0, 0.1) is 11.3 Å². The van der Waals surface area contributed by atoms with Gasteiger partial charge in [-0.05, 0) is 50.2 Å². The van der Waals surface area contributed by atoms with Crippen LogP contribution in [0.2, 0.25) is 5.02 Å². The number of carbonyl (C=O) groups is 2. The van der Waals surface area contributed by atoms with Gasteiger partial charge in [-0.3, -0.25) is 9.59 Å². The van der Waals surface area contributed by atoms with E-state index in [0.29, 0.717) is 29.8 Å². The molecule has 6 heteroatoms. The molecule has 0 unspecified atom stereocenters. The van der Waals surface area contributed by atoms with Crippen molar-refractivity contribution in [3.05, 3.63) is 29.3 Å². The van der Waals surface area contributed by atoms with Gasteiger partial charge in [-0.25, -0.2) is 0 Å². The summed E-state index contributed by atoms with van der Waals surface area (Å²) in [6.07, 6.45) is 5.20. The van der Waals surface area contributed by atoms with Gasteiger partial charge in [0.15, 0.2) is 6.61 Å². The first kappa shape index (κ1) is 17.7. The minimum Gasteiger partial charge on any atom is -0.482 e. The average Bonchev–Trinajstić information content (AvgIpc) is 3.36. The first-order valence-electron chi connectivity index (χ1n) is 9.52. The Morgan fingerprint density at radius 1 is 1.23 bits per heavy atom. The van der Waals surface area contributed by atoms with Crippen molar-refractivity contribution in [2.75, 3.05) is 32.8 Å². The zero-order chi connectivity index (χ0) is 18.1. The predicted octanol–water partition coefficient (Wildman–Crippen LogP) is 2.97. The van der Waals surface area contributed by atoms with Gasteiger partial charge in [-0.1, -0.05) is 23.7 Å². The number of amides is 2. The zero-order valence-corrected chi connectivity index (χ0v) is 15.7. The molecule has 2 amide bonds. The third-order valence-corrected chi connectivity index (χ3v) is 6.21. The Labute approximate surface area is 159 Å². The Hall–Kier alpha value is -1.75. The summed E-state index contributed by atoms with van der Waals surface area (Å²) in [4.78, 5) is 29.4. The molecule has 0 aromatic heterocycles. The van der Waals surface area contributed by atoms with Crippen LogP contribution in [0.15, 0.2) is 24.3 Å². The van der Waals surface area contributed by atoms with Crippen molar-refractivity contribution in [1.82, 2.24) is 9.80 Å². The van der Waals surface area contributed by atoms with Crippen LogP contribution in [0.25, 0.3) is 0 Å². The molecular formula is C20H25ClN2O3. The van der Waals surface area contributed by atoms with Crippen LogP contribution >= 0.6 is 11.6 Å². The van der Waals surface area contributed by atoms with Gasteiger partial charge in [-0.15, -0.1) is 0 Å². The lowest BCUT2D eigenvalue weighted by Crippen LogP contribution is -2.51. The van der Waals surface area contributed by atoms with E-state index in [1.807, 2.05) is 12.1 Å². The minimum absolute atomic E-state index is 0.0419. The fraction of sp³-hybridized carbons (Fsp3) is 0.600. The van der Waals surface area contributed by atoms with E-state index in [4.69, 9.17) is 16.3 Å². The molecule has 1 saturated carbocycles. The summed E-state index contributed by atoms with van der Waals surface area (Å²) in [7, 11) is 0. The highest BCUT2D eigenvalue weighted by Crippen LogP contribution is 2.41. The van der Waals surface area contributed by atoms with E-state index in [9.17, 15) is 9.59 Å². The highest BCUT2D eigenvalue weighted by Gasteiger charge is 2.49. The molecule has 0 bridgehead atoms. The standard InChI is InChI=1S/C20H25ClN2O3/c21-16-4-1-2-5-17(16)26-13-18(24)23-11-9-20(14-23)8-3-10-22(19(20)25)12-15-6-7-15/h1-2,4-5,15H,3,6-14H2/t20-/m0/s1. The number of carbonyl (C=O) groups excluding carboxylic acids is 2. The Balaban J connectivity index is 1.35. The van der Waals surface area contributed by atoms with E-state index >= 15 is 0 Å². The average molecular weight is 377 g/mol. The van der Waals surface area contributed by atoms with Crippen LogP contribution in [0.1, 0.15) is 32.1 Å². The van der Waals surface area contributed by atoms with Gasteiger partial charge in [0.05, 0.1) is 10.4 Å². The third-order valence-electron chi connectivity index (χ3n) is 5.89. The molecule has 2 saturated heterocycles. The molecule has 3 fully saturated rings. The maximum Gasteiger partial charge on any atom is 0.260 e. The SMILES string of the molecule is O=C(COc1ccccc1Cl)N1CC[C@@]2(CCCN(CC3CC3)C2=O)C1. The van der Waals surface area contributed by atoms with Crippen LogP contribution in [-0.4, -0.2) is 54.4 Å². The van der Waals surface area contributed by atoms with E-state index < -0.39 is 0 Å². The van der Waals surface area contributed by atoms with Crippen LogP contribution < -0.4 is 4.74 Å². The summed E-state index contributed by atoms with van der Waals surface area (Å²) in [5.41, 5.74) is -0.368. The zero-order valence-electron chi connectivity index (χ0n) is 15.0. The first-order valence-corrected chi connectivity index (χ1v) is 9.90. The lowest BCUT2D eigenvalue weighted by molar-refractivity contribution is -0.146. The summed E-state index contributed by atoms with van der Waals surface area (Å²) in [5.74, 6) is 1.41. The fourth-order valence-corrected chi connectivity index (χ4v) is 4.39. The molecule has 0 radical (unpaired) electrons. The highest BCUT2D eigenvalue weighted by molar-refractivity contribution is 6.32. The van der Waals surface area contributed by atoms with Gasteiger partial charge in [0, 0.05) is 26.2 Å². The lowest BCUT2D eigenvalue weighted by atomic mass is 9.78.